The van der Waals surface area contributed by atoms with Crippen molar-refractivity contribution in [3.8, 4) is 11.5 Å². The number of hydrogen-bond donors (Lipinski definition) is 0. The van der Waals surface area contributed by atoms with Crippen molar-refractivity contribution < 1.29 is 9.34 Å². The minimum absolute atomic E-state index is 0.00203. The lowest BCUT2D eigenvalue weighted by Crippen LogP contribution is -1.86. The first-order valence-corrected chi connectivity index (χ1v) is 6.52. The third-order valence-electron chi connectivity index (χ3n) is 2.67. The Balaban J connectivity index is 2.11. The maximum Gasteiger partial charge on any atom is 0.273 e. The van der Waals surface area contributed by atoms with Crippen LogP contribution in [0.3, 0.4) is 0 Å². The van der Waals surface area contributed by atoms with Gasteiger partial charge in [-0.2, -0.15) is 0 Å². The first-order chi connectivity index (χ1) is 9.13. The standard InChI is InChI=1S/C13H7IN2O3/c14-9-3-1-8(2-4-9)13-15-11-6-5-10(16(17)18)7-12(11)19-13/h1-7H. The van der Waals surface area contributed by atoms with Gasteiger partial charge in [-0.1, -0.05) is 0 Å². The van der Waals surface area contributed by atoms with Crippen LogP contribution in [0, 0.1) is 13.7 Å². The molecule has 0 spiro atoms. The van der Waals surface area contributed by atoms with E-state index in [2.05, 4.69) is 27.6 Å². The summed E-state index contributed by atoms with van der Waals surface area (Å²) in [5, 5.41) is 10.7. The molecule has 0 aliphatic rings. The molecular weight excluding hydrogens is 359 g/mol. The van der Waals surface area contributed by atoms with E-state index in [0.717, 1.165) is 9.13 Å². The zero-order valence-electron chi connectivity index (χ0n) is 9.54. The van der Waals surface area contributed by atoms with Crippen molar-refractivity contribution in [2.75, 3.05) is 0 Å². The maximum absolute atomic E-state index is 10.7. The van der Waals surface area contributed by atoms with Gasteiger partial charge in [-0.05, 0) is 52.9 Å². The summed E-state index contributed by atoms with van der Waals surface area (Å²) < 4.78 is 6.69. The van der Waals surface area contributed by atoms with Crippen molar-refractivity contribution in [3.63, 3.8) is 0 Å². The molecular formula is C13H7IN2O3. The number of hydrogen-bond acceptors (Lipinski definition) is 4. The average Bonchev–Trinajstić information content (AvgIpc) is 2.82. The molecule has 19 heavy (non-hydrogen) atoms. The fraction of sp³-hybridized carbons (Fsp3) is 0. The molecule has 0 saturated heterocycles. The van der Waals surface area contributed by atoms with Crippen LogP contribution < -0.4 is 0 Å². The molecule has 0 saturated carbocycles. The minimum Gasteiger partial charge on any atom is -0.436 e. The highest BCUT2D eigenvalue weighted by molar-refractivity contribution is 14.1. The number of oxazole rings is 1. The maximum atomic E-state index is 10.7. The van der Waals surface area contributed by atoms with E-state index in [-0.39, 0.29) is 5.69 Å². The van der Waals surface area contributed by atoms with Gasteiger partial charge in [0, 0.05) is 15.2 Å². The van der Waals surface area contributed by atoms with Crippen LogP contribution in [0.15, 0.2) is 46.9 Å². The van der Waals surface area contributed by atoms with E-state index >= 15 is 0 Å². The third kappa shape index (κ3) is 2.30. The average molecular weight is 366 g/mol. The van der Waals surface area contributed by atoms with E-state index in [0.29, 0.717) is 17.0 Å². The molecule has 94 valence electrons. The molecule has 2 aromatic carbocycles. The van der Waals surface area contributed by atoms with Crippen LogP contribution in [0.1, 0.15) is 0 Å². The van der Waals surface area contributed by atoms with Crippen molar-refractivity contribution in [1.82, 2.24) is 4.98 Å². The Bertz CT molecular complexity index is 765. The number of fused-ring (bicyclic) bond motifs is 1. The molecule has 0 fully saturated rings. The van der Waals surface area contributed by atoms with Gasteiger partial charge in [-0.3, -0.25) is 10.1 Å². The zero-order valence-corrected chi connectivity index (χ0v) is 11.7. The van der Waals surface area contributed by atoms with Crippen LogP contribution in [-0.2, 0) is 0 Å². The highest BCUT2D eigenvalue weighted by Crippen LogP contribution is 2.27. The molecule has 0 bridgehead atoms. The summed E-state index contributed by atoms with van der Waals surface area (Å²) in [7, 11) is 0. The summed E-state index contributed by atoms with van der Waals surface area (Å²) in [5.74, 6) is 0.465. The SMILES string of the molecule is O=[N+]([O-])c1ccc2nc(-c3ccc(I)cc3)oc2c1. The smallest absolute Gasteiger partial charge is 0.273 e. The summed E-state index contributed by atoms with van der Waals surface area (Å²) in [4.78, 5) is 14.6. The van der Waals surface area contributed by atoms with Crippen molar-refractivity contribution in [3.05, 3.63) is 56.1 Å². The monoisotopic (exact) mass is 366 g/mol. The summed E-state index contributed by atoms with van der Waals surface area (Å²) in [6, 6.07) is 12.1. The lowest BCUT2D eigenvalue weighted by atomic mass is 10.2. The predicted octanol–water partition coefficient (Wildman–Crippen LogP) is 4.01. The van der Waals surface area contributed by atoms with Gasteiger partial charge < -0.3 is 4.42 Å². The van der Waals surface area contributed by atoms with Gasteiger partial charge in [-0.25, -0.2) is 4.98 Å². The third-order valence-corrected chi connectivity index (χ3v) is 3.39. The van der Waals surface area contributed by atoms with Crippen LogP contribution in [0.2, 0.25) is 0 Å². The topological polar surface area (TPSA) is 69.2 Å². The number of benzene rings is 2. The Labute approximate surface area is 121 Å². The molecule has 3 rings (SSSR count). The number of rotatable bonds is 2. The van der Waals surface area contributed by atoms with E-state index in [1.807, 2.05) is 24.3 Å². The molecule has 1 aromatic heterocycles. The Morgan fingerprint density at radius 1 is 1.16 bits per heavy atom. The summed E-state index contributed by atoms with van der Waals surface area (Å²) in [6.07, 6.45) is 0. The summed E-state index contributed by atoms with van der Waals surface area (Å²) in [5.41, 5.74) is 1.87. The molecule has 0 unspecified atom stereocenters. The molecule has 0 aliphatic heterocycles. The van der Waals surface area contributed by atoms with E-state index < -0.39 is 4.92 Å². The molecule has 0 amide bonds. The van der Waals surface area contributed by atoms with Crippen LogP contribution in [0.25, 0.3) is 22.6 Å². The van der Waals surface area contributed by atoms with Crippen LogP contribution >= 0.6 is 22.6 Å². The lowest BCUT2D eigenvalue weighted by Gasteiger charge is -1.94. The van der Waals surface area contributed by atoms with Crippen LogP contribution in [-0.4, -0.2) is 9.91 Å². The number of nitro groups is 1. The highest BCUT2D eigenvalue weighted by atomic mass is 127. The van der Waals surface area contributed by atoms with Crippen LogP contribution in [0.5, 0.6) is 0 Å². The second kappa shape index (κ2) is 4.61. The van der Waals surface area contributed by atoms with Crippen molar-refractivity contribution in [2.45, 2.75) is 0 Å². The molecule has 0 N–H and O–H groups in total. The van der Waals surface area contributed by atoms with Gasteiger partial charge in [0.2, 0.25) is 5.89 Å². The van der Waals surface area contributed by atoms with E-state index in [1.165, 1.54) is 12.1 Å². The van der Waals surface area contributed by atoms with Gasteiger partial charge >= 0.3 is 0 Å². The fourth-order valence-electron chi connectivity index (χ4n) is 1.74. The number of aromatic nitrogens is 1. The normalized spacial score (nSPS) is 10.8. The van der Waals surface area contributed by atoms with Crippen LogP contribution in [0.4, 0.5) is 5.69 Å². The molecule has 0 atom stereocenters. The highest BCUT2D eigenvalue weighted by Gasteiger charge is 2.12. The van der Waals surface area contributed by atoms with Crippen molar-refractivity contribution in [2.24, 2.45) is 0 Å². The first kappa shape index (κ1) is 12.1. The molecule has 5 nitrogen and oxygen atoms in total. The molecule has 3 aromatic rings. The first-order valence-electron chi connectivity index (χ1n) is 5.44. The number of nitro benzene ring substituents is 1. The lowest BCUT2D eigenvalue weighted by molar-refractivity contribution is -0.384. The van der Waals surface area contributed by atoms with Crippen molar-refractivity contribution in [1.29, 1.82) is 0 Å². The van der Waals surface area contributed by atoms with E-state index in [4.69, 9.17) is 4.42 Å². The number of nitrogens with zero attached hydrogens (tertiary/aromatic N) is 2. The van der Waals surface area contributed by atoms with E-state index in [9.17, 15) is 10.1 Å². The molecule has 6 heteroatoms. The van der Waals surface area contributed by atoms with Gasteiger partial charge in [0.15, 0.2) is 5.58 Å². The summed E-state index contributed by atoms with van der Waals surface area (Å²) in [6.45, 7) is 0. The second-order valence-corrected chi connectivity index (χ2v) is 5.18. The quantitative estimate of drug-likeness (QED) is 0.391. The Morgan fingerprint density at radius 3 is 2.58 bits per heavy atom. The van der Waals surface area contributed by atoms with Gasteiger partial charge in [0.25, 0.3) is 5.69 Å². The second-order valence-electron chi connectivity index (χ2n) is 3.94. The van der Waals surface area contributed by atoms with Crippen molar-refractivity contribution >= 4 is 39.4 Å². The van der Waals surface area contributed by atoms with Gasteiger partial charge in [0.05, 0.1) is 11.0 Å². The number of halogens is 1. The zero-order chi connectivity index (χ0) is 13.4. The van der Waals surface area contributed by atoms with Gasteiger partial charge in [-0.15, -0.1) is 0 Å². The minimum atomic E-state index is -0.452. The fourth-order valence-corrected chi connectivity index (χ4v) is 2.10. The summed E-state index contributed by atoms with van der Waals surface area (Å²) >= 11 is 2.22. The molecule has 0 radical (unpaired) electrons. The molecule has 0 aliphatic carbocycles. The Morgan fingerprint density at radius 2 is 1.89 bits per heavy atom. The predicted molar refractivity (Wildman–Crippen MR) is 78.8 cm³/mol. The Hall–Kier alpha value is -1.96. The molecule has 1 heterocycles. The van der Waals surface area contributed by atoms with Gasteiger partial charge in [0.1, 0.15) is 5.52 Å². The Kier molecular flexibility index (Phi) is 2.94. The van der Waals surface area contributed by atoms with E-state index in [1.54, 1.807) is 6.07 Å². The largest absolute Gasteiger partial charge is 0.436 e. The number of non-ortho nitro benzene ring substituents is 1.